The number of piperidine rings is 1. The Morgan fingerprint density at radius 3 is 2.65 bits per heavy atom. The number of H-pyrrole nitrogens is 2. The molecule has 0 bridgehead atoms. The predicted octanol–water partition coefficient (Wildman–Crippen LogP) is 0.612. The quantitative estimate of drug-likeness (QED) is 0.816. The summed E-state index contributed by atoms with van der Waals surface area (Å²) >= 11 is 0. The minimum absolute atomic E-state index is 0.0180. The van der Waals surface area contributed by atoms with Crippen molar-refractivity contribution in [1.82, 2.24) is 24.4 Å². The van der Waals surface area contributed by atoms with Gasteiger partial charge < -0.3 is 14.5 Å². The number of carbonyl (C=O) groups is 1. The van der Waals surface area contributed by atoms with Crippen LogP contribution in [0.1, 0.15) is 36.8 Å². The van der Waals surface area contributed by atoms with E-state index in [-0.39, 0.29) is 12.3 Å². The lowest BCUT2D eigenvalue weighted by Crippen LogP contribution is -2.41. The number of nitrogens with one attached hydrogen (secondary N) is 2. The van der Waals surface area contributed by atoms with Crippen LogP contribution in [0.25, 0.3) is 0 Å². The van der Waals surface area contributed by atoms with Gasteiger partial charge in [0.1, 0.15) is 5.82 Å². The third-order valence-corrected chi connectivity index (χ3v) is 5.12. The number of imidazole rings is 1. The third-order valence-electron chi connectivity index (χ3n) is 5.12. The Bertz CT molecular complexity index is 887. The van der Waals surface area contributed by atoms with Crippen molar-refractivity contribution in [3.05, 3.63) is 50.3 Å². The van der Waals surface area contributed by atoms with Crippen molar-refractivity contribution in [2.45, 2.75) is 46.1 Å². The van der Waals surface area contributed by atoms with Gasteiger partial charge in [0.15, 0.2) is 0 Å². The molecular formula is C18H25N5O3. The molecule has 3 rings (SSSR count). The van der Waals surface area contributed by atoms with Crippen LogP contribution in [0.5, 0.6) is 0 Å². The Morgan fingerprint density at radius 2 is 2.00 bits per heavy atom. The van der Waals surface area contributed by atoms with E-state index in [1.807, 2.05) is 17.3 Å². The molecule has 8 nitrogen and oxygen atoms in total. The van der Waals surface area contributed by atoms with Gasteiger partial charge >= 0.3 is 5.69 Å². The average Bonchev–Trinajstić information content (AvgIpc) is 3.05. The van der Waals surface area contributed by atoms with E-state index < -0.39 is 11.2 Å². The second-order valence-corrected chi connectivity index (χ2v) is 6.86. The van der Waals surface area contributed by atoms with Crippen LogP contribution >= 0.6 is 0 Å². The highest BCUT2D eigenvalue weighted by Crippen LogP contribution is 2.20. The third kappa shape index (κ3) is 3.95. The van der Waals surface area contributed by atoms with Crippen LogP contribution in [0, 0.1) is 12.8 Å². The van der Waals surface area contributed by atoms with Crippen LogP contribution in [0.4, 0.5) is 0 Å². The second-order valence-electron chi connectivity index (χ2n) is 6.86. The molecule has 0 spiro atoms. The van der Waals surface area contributed by atoms with Crippen LogP contribution in [-0.4, -0.2) is 43.4 Å². The SMILES string of the molecule is CCc1nccn1CC1CCN(C(=O)Cc2c(C)[nH]c(=O)[nH]c2=O)CC1. The maximum atomic E-state index is 12.5. The molecule has 0 radical (unpaired) electrons. The highest BCUT2D eigenvalue weighted by molar-refractivity contribution is 5.79. The molecule has 3 heterocycles. The molecule has 0 aromatic carbocycles. The van der Waals surface area contributed by atoms with E-state index in [4.69, 9.17) is 0 Å². The number of likely N-dealkylation sites (tertiary alicyclic amines) is 1. The van der Waals surface area contributed by atoms with Gasteiger partial charge in [-0.3, -0.25) is 14.6 Å². The molecule has 26 heavy (non-hydrogen) atoms. The first-order valence-corrected chi connectivity index (χ1v) is 9.07. The van der Waals surface area contributed by atoms with Gasteiger partial charge in [0.2, 0.25) is 5.91 Å². The monoisotopic (exact) mass is 359 g/mol. The Kier molecular flexibility index (Phi) is 5.39. The molecule has 0 aliphatic carbocycles. The molecule has 2 aromatic heterocycles. The fourth-order valence-electron chi connectivity index (χ4n) is 3.57. The zero-order chi connectivity index (χ0) is 18.7. The number of rotatable bonds is 5. The van der Waals surface area contributed by atoms with Gasteiger partial charge in [0.25, 0.3) is 5.56 Å². The molecule has 1 aliphatic heterocycles. The Balaban J connectivity index is 1.57. The van der Waals surface area contributed by atoms with Crippen molar-refractivity contribution in [2.75, 3.05) is 13.1 Å². The zero-order valence-electron chi connectivity index (χ0n) is 15.2. The van der Waals surface area contributed by atoms with Gasteiger partial charge in [0.05, 0.1) is 6.42 Å². The lowest BCUT2D eigenvalue weighted by atomic mass is 9.96. The first-order valence-electron chi connectivity index (χ1n) is 9.07. The smallest absolute Gasteiger partial charge is 0.325 e. The molecule has 0 unspecified atom stereocenters. The summed E-state index contributed by atoms with van der Waals surface area (Å²) in [5.74, 6) is 1.55. The number of hydrogen-bond donors (Lipinski definition) is 2. The van der Waals surface area contributed by atoms with Crippen LogP contribution < -0.4 is 11.2 Å². The lowest BCUT2D eigenvalue weighted by molar-refractivity contribution is -0.131. The number of carbonyl (C=O) groups excluding carboxylic acids is 1. The van der Waals surface area contributed by atoms with Gasteiger partial charge in [0, 0.05) is 49.7 Å². The van der Waals surface area contributed by atoms with E-state index in [0.29, 0.717) is 30.3 Å². The van der Waals surface area contributed by atoms with Crippen LogP contribution in [0.2, 0.25) is 0 Å². The van der Waals surface area contributed by atoms with Crippen molar-refractivity contribution >= 4 is 5.91 Å². The number of hydrogen-bond acceptors (Lipinski definition) is 4. The minimum Gasteiger partial charge on any atom is -0.342 e. The molecule has 1 amide bonds. The number of amides is 1. The number of aryl methyl sites for hydroxylation is 2. The molecule has 1 aliphatic rings. The highest BCUT2D eigenvalue weighted by atomic mass is 16.2. The maximum Gasteiger partial charge on any atom is 0.325 e. The van der Waals surface area contributed by atoms with Gasteiger partial charge in [-0.2, -0.15) is 0 Å². The number of aromatic amines is 2. The molecule has 2 N–H and O–H groups in total. The van der Waals surface area contributed by atoms with Crippen molar-refractivity contribution in [3.8, 4) is 0 Å². The summed E-state index contributed by atoms with van der Waals surface area (Å²) in [6, 6.07) is 0. The molecule has 0 saturated carbocycles. The van der Waals surface area contributed by atoms with E-state index in [1.54, 1.807) is 6.92 Å². The maximum absolute atomic E-state index is 12.5. The summed E-state index contributed by atoms with van der Waals surface area (Å²) in [6.07, 6.45) is 6.66. The van der Waals surface area contributed by atoms with E-state index in [2.05, 4.69) is 26.4 Å². The highest BCUT2D eigenvalue weighted by Gasteiger charge is 2.24. The molecule has 2 aromatic rings. The summed E-state index contributed by atoms with van der Waals surface area (Å²) in [4.78, 5) is 46.6. The van der Waals surface area contributed by atoms with Crippen LogP contribution in [0.3, 0.4) is 0 Å². The molecule has 0 atom stereocenters. The molecule has 8 heteroatoms. The van der Waals surface area contributed by atoms with E-state index >= 15 is 0 Å². The van der Waals surface area contributed by atoms with E-state index in [9.17, 15) is 14.4 Å². The van der Waals surface area contributed by atoms with Crippen molar-refractivity contribution in [2.24, 2.45) is 5.92 Å². The summed E-state index contributed by atoms with van der Waals surface area (Å²) in [5.41, 5.74) is -0.242. The number of nitrogens with zero attached hydrogens (tertiary/aromatic N) is 3. The Hall–Kier alpha value is -2.64. The summed E-state index contributed by atoms with van der Waals surface area (Å²) in [5, 5.41) is 0. The van der Waals surface area contributed by atoms with Crippen molar-refractivity contribution < 1.29 is 4.79 Å². The number of aromatic nitrogens is 4. The Labute approximate surface area is 151 Å². The van der Waals surface area contributed by atoms with Crippen LogP contribution in [-0.2, 0) is 24.2 Å². The van der Waals surface area contributed by atoms with Crippen molar-refractivity contribution in [1.29, 1.82) is 0 Å². The fraction of sp³-hybridized carbons (Fsp3) is 0.556. The van der Waals surface area contributed by atoms with Crippen LogP contribution in [0.15, 0.2) is 22.0 Å². The summed E-state index contributed by atoms with van der Waals surface area (Å²) in [7, 11) is 0. The first-order chi connectivity index (χ1) is 12.5. The topological polar surface area (TPSA) is 104 Å². The van der Waals surface area contributed by atoms with Gasteiger partial charge in [-0.05, 0) is 25.7 Å². The molecule has 140 valence electrons. The van der Waals surface area contributed by atoms with Gasteiger partial charge in [-0.25, -0.2) is 9.78 Å². The van der Waals surface area contributed by atoms with Gasteiger partial charge in [-0.15, -0.1) is 0 Å². The average molecular weight is 359 g/mol. The van der Waals surface area contributed by atoms with Crippen molar-refractivity contribution in [3.63, 3.8) is 0 Å². The van der Waals surface area contributed by atoms with Gasteiger partial charge in [-0.1, -0.05) is 6.92 Å². The second kappa shape index (κ2) is 7.72. The molecule has 1 saturated heterocycles. The Morgan fingerprint density at radius 1 is 1.27 bits per heavy atom. The standard InChI is InChI=1S/C18H25N5O3/c1-3-15-19-6-9-23(15)11-13-4-7-22(8-5-13)16(24)10-14-12(2)20-18(26)21-17(14)25/h6,9,13H,3-5,7-8,10-11H2,1-2H3,(H2,20,21,25,26). The lowest BCUT2D eigenvalue weighted by Gasteiger charge is -2.32. The summed E-state index contributed by atoms with van der Waals surface area (Å²) < 4.78 is 2.20. The van der Waals surface area contributed by atoms with E-state index in [1.165, 1.54) is 0 Å². The minimum atomic E-state index is -0.546. The summed E-state index contributed by atoms with van der Waals surface area (Å²) in [6.45, 7) is 6.06. The predicted molar refractivity (Wildman–Crippen MR) is 97.0 cm³/mol. The van der Waals surface area contributed by atoms with E-state index in [0.717, 1.165) is 31.6 Å². The molecular weight excluding hydrogens is 334 g/mol. The fourth-order valence-corrected chi connectivity index (χ4v) is 3.57. The largest absolute Gasteiger partial charge is 0.342 e. The first kappa shape index (κ1) is 18.2. The molecule has 1 fully saturated rings. The normalized spacial score (nSPS) is 15.4. The zero-order valence-corrected chi connectivity index (χ0v) is 15.2.